The molecule has 0 aliphatic carbocycles. The second-order valence-electron chi connectivity index (χ2n) is 4.71. The number of anilines is 2. The number of rotatable bonds is 3. The molecule has 0 aliphatic heterocycles. The molecule has 0 unspecified atom stereocenters. The number of hydrogen-bond acceptors (Lipinski definition) is 2. The van der Waals surface area contributed by atoms with E-state index in [2.05, 4.69) is 0 Å². The molecule has 0 bridgehead atoms. The third kappa shape index (κ3) is 3.35. The molecular weight excluding hydrogens is 236 g/mol. The van der Waals surface area contributed by atoms with Crippen LogP contribution in [-0.2, 0) is 11.2 Å². The van der Waals surface area contributed by atoms with E-state index in [4.69, 9.17) is 5.73 Å². The topological polar surface area (TPSA) is 46.3 Å². The van der Waals surface area contributed by atoms with Crippen molar-refractivity contribution in [2.75, 3.05) is 17.7 Å². The lowest BCUT2D eigenvalue weighted by Crippen LogP contribution is -2.27. The molecule has 0 heterocycles. The van der Waals surface area contributed by atoms with Gasteiger partial charge >= 0.3 is 0 Å². The Labute approximate surface area is 113 Å². The average Bonchev–Trinajstić information content (AvgIpc) is 2.40. The summed E-state index contributed by atoms with van der Waals surface area (Å²) in [7, 11) is 1.80. The van der Waals surface area contributed by atoms with Crippen LogP contribution >= 0.6 is 0 Å². The molecule has 0 saturated heterocycles. The van der Waals surface area contributed by atoms with Crippen LogP contribution in [0.25, 0.3) is 0 Å². The van der Waals surface area contributed by atoms with Gasteiger partial charge in [0.1, 0.15) is 0 Å². The Bertz CT molecular complexity index is 576. The monoisotopic (exact) mass is 254 g/mol. The number of hydrogen-bond donors (Lipinski definition) is 1. The van der Waals surface area contributed by atoms with Crippen molar-refractivity contribution in [2.24, 2.45) is 0 Å². The summed E-state index contributed by atoms with van der Waals surface area (Å²) in [5.74, 6) is 0.0652. The van der Waals surface area contributed by atoms with Gasteiger partial charge in [0.15, 0.2) is 0 Å². The highest BCUT2D eigenvalue weighted by Crippen LogP contribution is 2.16. The number of nitrogen functional groups attached to an aromatic ring is 1. The molecule has 0 saturated carbocycles. The summed E-state index contributed by atoms with van der Waals surface area (Å²) >= 11 is 0. The molecule has 0 aliphatic rings. The first-order valence-corrected chi connectivity index (χ1v) is 6.24. The van der Waals surface area contributed by atoms with Gasteiger partial charge in [0.05, 0.1) is 6.42 Å². The van der Waals surface area contributed by atoms with Gasteiger partial charge in [-0.05, 0) is 42.3 Å². The Morgan fingerprint density at radius 2 is 1.84 bits per heavy atom. The fraction of sp³-hybridized carbons (Fsp3) is 0.188. The van der Waals surface area contributed by atoms with Gasteiger partial charge in [0.25, 0.3) is 0 Å². The smallest absolute Gasteiger partial charge is 0.231 e. The highest BCUT2D eigenvalue weighted by Gasteiger charge is 2.11. The van der Waals surface area contributed by atoms with Gasteiger partial charge < -0.3 is 10.6 Å². The normalized spacial score (nSPS) is 10.2. The van der Waals surface area contributed by atoms with Crippen LogP contribution in [0.1, 0.15) is 11.1 Å². The lowest BCUT2D eigenvalue weighted by Gasteiger charge is -2.18. The Morgan fingerprint density at radius 3 is 2.47 bits per heavy atom. The van der Waals surface area contributed by atoms with Crippen molar-refractivity contribution in [1.29, 1.82) is 0 Å². The maximum absolute atomic E-state index is 12.2. The van der Waals surface area contributed by atoms with E-state index in [1.54, 1.807) is 11.9 Å². The van der Waals surface area contributed by atoms with Crippen LogP contribution in [0.3, 0.4) is 0 Å². The summed E-state index contributed by atoms with van der Waals surface area (Å²) in [5.41, 5.74) is 9.37. The van der Waals surface area contributed by atoms with E-state index in [0.29, 0.717) is 12.1 Å². The van der Waals surface area contributed by atoms with Crippen LogP contribution in [0.2, 0.25) is 0 Å². The number of amides is 1. The molecule has 3 nitrogen and oxygen atoms in total. The molecule has 0 spiro atoms. The molecule has 3 heteroatoms. The van der Waals surface area contributed by atoms with E-state index in [9.17, 15) is 4.79 Å². The lowest BCUT2D eigenvalue weighted by molar-refractivity contribution is -0.117. The first-order chi connectivity index (χ1) is 9.06. The molecule has 2 N–H and O–H groups in total. The average molecular weight is 254 g/mol. The highest BCUT2D eigenvalue weighted by molar-refractivity contribution is 5.94. The number of nitrogens with zero attached hydrogens (tertiary/aromatic N) is 1. The second kappa shape index (κ2) is 5.57. The maximum Gasteiger partial charge on any atom is 0.231 e. The molecule has 98 valence electrons. The minimum Gasteiger partial charge on any atom is -0.399 e. The quantitative estimate of drug-likeness (QED) is 0.856. The van der Waals surface area contributed by atoms with Crippen LogP contribution < -0.4 is 10.6 Å². The zero-order chi connectivity index (χ0) is 13.8. The van der Waals surface area contributed by atoms with Gasteiger partial charge in [-0.3, -0.25) is 4.79 Å². The molecule has 0 aromatic heterocycles. The van der Waals surface area contributed by atoms with Gasteiger partial charge in [-0.2, -0.15) is 0 Å². The Morgan fingerprint density at radius 1 is 1.16 bits per heavy atom. The van der Waals surface area contributed by atoms with Gasteiger partial charge in [-0.1, -0.05) is 24.3 Å². The Hall–Kier alpha value is -2.29. The van der Waals surface area contributed by atoms with E-state index < -0.39 is 0 Å². The first kappa shape index (κ1) is 13.1. The second-order valence-corrected chi connectivity index (χ2v) is 4.71. The van der Waals surface area contributed by atoms with Gasteiger partial charge in [0.2, 0.25) is 5.91 Å². The van der Waals surface area contributed by atoms with Crippen molar-refractivity contribution in [3.8, 4) is 0 Å². The number of carbonyl (C=O) groups is 1. The van der Waals surface area contributed by atoms with Crippen molar-refractivity contribution in [3.05, 3.63) is 59.7 Å². The zero-order valence-electron chi connectivity index (χ0n) is 11.3. The Balaban J connectivity index is 2.09. The van der Waals surface area contributed by atoms with Crippen molar-refractivity contribution in [1.82, 2.24) is 0 Å². The zero-order valence-corrected chi connectivity index (χ0v) is 11.3. The van der Waals surface area contributed by atoms with E-state index in [1.807, 2.05) is 55.5 Å². The largest absolute Gasteiger partial charge is 0.399 e. The molecular formula is C16H18N2O. The number of aryl methyl sites for hydroxylation is 1. The molecule has 19 heavy (non-hydrogen) atoms. The van der Waals surface area contributed by atoms with E-state index in [1.165, 1.54) is 0 Å². The summed E-state index contributed by atoms with van der Waals surface area (Å²) in [5, 5.41) is 0. The summed E-state index contributed by atoms with van der Waals surface area (Å²) < 4.78 is 0. The maximum atomic E-state index is 12.2. The molecule has 1 amide bonds. The van der Waals surface area contributed by atoms with Crippen LogP contribution in [0, 0.1) is 6.92 Å². The van der Waals surface area contributed by atoms with Crippen molar-refractivity contribution in [3.63, 3.8) is 0 Å². The highest BCUT2D eigenvalue weighted by atomic mass is 16.2. The van der Waals surface area contributed by atoms with E-state index >= 15 is 0 Å². The predicted molar refractivity (Wildman–Crippen MR) is 79.1 cm³/mol. The predicted octanol–water partition coefficient (Wildman–Crippen LogP) is 2.78. The fourth-order valence-corrected chi connectivity index (χ4v) is 1.91. The van der Waals surface area contributed by atoms with E-state index in [-0.39, 0.29) is 5.91 Å². The standard InChI is InChI=1S/C16H18N2O/c1-12-4-3-5-15(10-12)18(2)16(19)11-13-6-8-14(17)9-7-13/h3-10H,11,17H2,1-2H3. The third-order valence-electron chi connectivity index (χ3n) is 3.10. The molecule has 2 aromatic carbocycles. The minimum atomic E-state index is 0.0652. The molecule has 0 radical (unpaired) electrons. The Kier molecular flexibility index (Phi) is 3.85. The van der Waals surface area contributed by atoms with Crippen molar-refractivity contribution < 1.29 is 4.79 Å². The summed E-state index contributed by atoms with van der Waals surface area (Å²) in [6.07, 6.45) is 0.380. The number of likely N-dealkylation sites (N-methyl/N-ethyl adjacent to an activating group) is 1. The number of carbonyl (C=O) groups excluding carboxylic acids is 1. The van der Waals surface area contributed by atoms with Gasteiger partial charge in [-0.25, -0.2) is 0 Å². The van der Waals surface area contributed by atoms with Crippen molar-refractivity contribution in [2.45, 2.75) is 13.3 Å². The third-order valence-corrected chi connectivity index (χ3v) is 3.10. The van der Waals surface area contributed by atoms with Crippen LogP contribution in [0.4, 0.5) is 11.4 Å². The lowest BCUT2D eigenvalue weighted by atomic mass is 10.1. The van der Waals surface area contributed by atoms with Gasteiger partial charge in [-0.15, -0.1) is 0 Å². The molecule has 2 rings (SSSR count). The first-order valence-electron chi connectivity index (χ1n) is 6.24. The summed E-state index contributed by atoms with van der Waals surface area (Å²) in [6, 6.07) is 15.3. The SMILES string of the molecule is Cc1cccc(N(C)C(=O)Cc2ccc(N)cc2)c1. The number of benzene rings is 2. The fourth-order valence-electron chi connectivity index (χ4n) is 1.91. The van der Waals surface area contributed by atoms with Crippen LogP contribution in [0.5, 0.6) is 0 Å². The van der Waals surface area contributed by atoms with Crippen molar-refractivity contribution >= 4 is 17.3 Å². The minimum absolute atomic E-state index is 0.0652. The molecule has 0 atom stereocenters. The summed E-state index contributed by atoms with van der Waals surface area (Å²) in [4.78, 5) is 13.9. The molecule has 2 aromatic rings. The number of nitrogens with two attached hydrogens (primary N) is 1. The summed E-state index contributed by atoms with van der Waals surface area (Å²) in [6.45, 7) is 2.02. The molecule has 0 fully saturated rings. The van der Waals surface area contributed by atoms with Gasteiger partial charge in [0, 0.05) is 18.4 Å². The van der Waals surface area contributed by atoms with Crippen LogP contribution in [-0.4, -0.2) is 13.0 Å². The van der Waals surface area contributed by atoms with Crippen LogP contribution in [0.15, 0.2) is 48.5 Å². The van der Waals surface area contributed by atoms with E-state index in [0.717, 1.165) is 16.8 Å².